The van der Waals surface area contributed by atoms with Crippen molar-refractivity contribution in [3.05, 3.63) is 101 Å². The standard InChI is InChI=1S/C23H19FO3/c1-26-22-14-8-17(7-13-21(25)19-9-11-20(24)12-10-19)15-23(22)27-16-18-5-3-2-4-6-18/h2-15H,16H2,1H3/b13-7+. The second-order valence-electron chi connectivity index (χ2n) is 5.89. The topological polar surface area (TPSA) is 35.5 Å². The van der Waals surface area contributed by atoms with Crippen molar-refractivity contribution in [1.82, 2.24) is 0 Å². The minimum absolute atomic E-state index is 0.197. The number of hydrogen-bond donors (Lipinski definition) is 0. The van der Waals surface area contributed by atoms with Gasteiger partial charge in [-0.05, 0) is 53.6 Å². The number of benzene rings is 3. The first-order valence-electron chi connectivity index (χ1n) is 8.48. The van der Waals surface area contributed by atoms with E-state index in [-0.39, 0.29) is 11.6 Å². The van der Waals surface area contributed by atoms with Gasteiger partial charge in [0.05, 0.1) is 7.11 Å². The minimum atomic E-state index is -0.370. The molecule has 0 heterocycles. The fourth-order valence-corrected chi connectivity index (χ4v) is 2.53. The monoisotopic (exact) mass is 362 g/mol. The maximum atomic E-state index is 13.0. The summed E-state index contributed by atoms with van der Waals surface area (Å²) in [6, 6.07) is 20.7. The summed E-state index contributed by atoms with van der Waals surface area (Å²) >= 11 is 0. The molecular formula is C23H19FO3. The molecule has 0 saturated carbocycles. The van der Waals surface area contributed by atoms with Gasteiger partial charge in [-0.1, -0.05) is 42.5 Å². The number of carbonyl (C=O) groups is 1. The van der Waals surface area contributed by atoms with Gasteiger partial charge in [0.1, 0.15) is 12.4 Å². The second kappa shape index (κ2) is 8.81. The molecular weight excluding hydrogens is 343 g/mol. The van der Waals surface area contributed by atoms with E-state index in [1.165, 1.54) is 30.3 Å². The number of halogens is 1. The van der Waals surface area contributed by atoms with Gasteiger partial charge in [-0.15, -0.1) is 0 Å². The highest BCUT2D eigenvalue weighted by atomic mass is 19.1. The van der Waals surface area contributed by atoms with Crippen LogP contribution in [-0.4, -0.2) is 12.9 Å². The van der Waals surface area contributed by atoms with Gasteiger partial charge in [0.25, 0.3) is 0 Å². The molecule has 0 unspecified atom stereocenters. The van der Waals surface area contributed by atoms with Crippen LogP contribution in [0.1, 0.15) is 21.5 Å². The molecule has 0 fully saturated rings. The van der Waals surface area contributed by atoms with E-state index in [2.05, 4.69) is 0 Å². The van der Waals surface area contributed by atoms with Crippen LogP contribution in [0.5, 0.6) is 11.5 Å². The van der Waals surface area contributed by atoms with Gasteiger partial charge in [-0.25, -0.2) is 4.39 Å². The highest BCUT2D eigenvalue weighted by molar-refractivity contribution is 6.06. The van der Waals surface area contributed by atoms with E-state index in [1.54, 1.807) is 19.3 Å². The lowest BCUT2D eigenvalue weighted by Crippen LogP contribution is -1.98. The molecule has 27 heavy (non-hydrogen) atoms. The van der Waals surface area contributed by atoms with Gasteiger partial charge in [0.15, 0.2) is 17.3 Å². The number of methoxy groups -OCH3 is 1. The Kier molecular flexibility index (Phi) is 6.00. The molecule has 3 aromatic rings. The first-order valence-corrected chi connectivity index (χ1v) is 8.48. The fraction of sp³-hybridized carbons (Fsp3) is 0.0870. The minimum Gasteiger partial charge on any atom is -0.493 e. The van der Waals surface area contributed by atoms with Crippen LogP contribution in [0, 0.1) is 5.82 Å². The summed E-state index contributed by atoms with van der Waals surface area (Å²) in [5.74, 6) is 0.647. The van der Waals surface area contributed by atoms with Crippen LogP contribution >= 0.6 is 0 Å². The molecule has 4 heteroatoms. The van der Waals surface area contributed by atoms with E-state index in [0.717, 1.165) is 11.1 Å². The molecule has 0 aliphatic carbocycles. The van der Waals surface area contributed by atoms with Gasteiger partial charge in [-0.3, -0.25) is 4.79 Å². The summed E-state index contributed by atoms with van der Waals surface area (Å²) in [5.41, 5.74) is 2.28. The van der Waals surface area contributed by atoms with Crippen LogP contribution < -0.4 is 9.47 Å². The van der Waals surface area contributed by atoms with E-state index in [4.69, 9.17) is 9.47 Å². The van der Waals surface area contributed by atoms with Crippen molar-refractivity contribution in [2.45, 2.75) is 6.61 Å². The van der Waals surface area contributed by atoms with Crippen LogP contribution in [0.2, 0.25) is 0 Å². The average molecular weight is 362 g/mol. The average Bonchev–Trinajstić information content (AvgIpc) is 2.71. The summed E-state index contributed by atoms with van der Waals surface area (Å²) in [7, 11) is 1.58. The van der Waals surface area contributed by atoms with Crippen LogP contribution in [0.25, 0.3) is 6.08 Å². The van der Waals surface area contributed by atoms with Crippen molar-refractivity contribution < 1.29 is 18.7 Å². The van der Waals surface area contributed by atoms with Gasteiger partial charge >= 0.3 is 0 Å². The van der Waals surface area contributed by atoms with E-state index < -0.39 is 0 Å². The first kappa shape index (κ1) is 18.4. The Hall–Kier alpha value is -3.40. The lowest BCUT2D eigenvalue weighted by atomic mass is 10.1. The van der Waals surface area contributed by atoms with E-state index in [1.807, 2.05) is 42.5 Å². The lowest BCUT2D eigenvalue weighted by molar-refractivity contribution is 0.104. The third kappa shape index (κ3) is 5.05. The maximum Gasteiger partial charge on any atom is 0.185 e. The molecule has 0 atom stereocenters. The summed E-state index contributed by atoms with van der Waals surface area (Å²) < 4.78 is 24.2. The fourth-order valence-electron chi connectivity index (χ4n) is 2.53. The lowest BCUT2D eigenvalue weighted by Gasteiger charge is -2.11. The number of ketones is 1. The molecule has 136 valence electrons. The molecule has 0 aliphatic heterocycles. The highest BCUT2D eigenvalue weighted by Gasteiger charge is 2.06. The normalized spacial score (nSPS) is 10.7. The molecule has 0 spiro atoms. The molecule has 3 aromatic carbocycles. The molecule has 0 radical (unpaired) electrons. The summed E-state index contributed by atoms with van der Waals surface area (Å²) in [4.78, 5) is 12.2. The third-order valence-corrected chi connectivity index (χ3v) is 3.98. The molecule has 3 rings (SSSR count). The highest BCUT2D eigenvalue weighted by Crippen LogP contribution is 2.29. The maximum absolute atomic E-state index is 13.0. The Balaban J connectivity index is 1.73. The van der Waals surface area contributed by atoms with Gasteiger partial charge in [0.2, 0.25) is 0 Å². The van der Waals surface area contributed by atoms with Crippen molar-refractivity contribution in [1.29, 1.82) is 0 Å². The second-order valence-corrected chi connectivity index (χ2v) is 5.89. The van der Waals surface area contributed by atoms with Crippen LogP contribution in [0.15, 0.2) is 78.9 Å². The number of allylic oxidation sites excluding steroid dienone is 1. The predicted octanol–water partition coefficient (Wildman–Crippen LogP) is 5.31. The van der Waals surface area contributed by atoms with Gasteiger partial charge < -0.3 is 9.47 Å². The van der Waals surface area contributed by atoms with Crippen molar-refractivity contribution >= 4 is 11.9 Å². The molecule has 0 aromatic heterocycles. The van der Waals surface area contributed by atoms with Crippen molar-refractivity contribution in [3.8, 4) is 11.5 Å². The Bertz CT molecular complexity index is 932. The quantitative estimate of drug-likeness (QED) is 0.422. The molecule has 0 aliphatic rings. The number of ether oxygens (including phenoxy) is 2. The molecule has 0 saturated heterocycles. The smallest absolute Gasteiger partial charge is 0.185 e. The zero-order valence-corrected chi connectivity index (χ0v) is 14.9. The van der Waals surface area contributed by atoms with E-state index >= 15 is 0 Å². The van der Waals surface area contributed by atoms with Crippen LogP contribution in [-0.2, 0) is 6.61 Å². The first-order chi connectivity index (χ1) is 13.2. The number of carbonyl (C=O) groups excluding carboxylic acids is 1. The van der Waals surface area contributed by atoms with Crippen molar-refractivity contribution in [2.24, 2.45) is 0 Å². The van der Waals surface area contributed by atoms with E-state index in [0.29, 0.717) is 23.7 Å². The Morgan fingerprint density at radius 2 is 1.70 bits per heavy atom. The zero-order valence-electron chi connectivity index (χ0n) is 14.9. The van der Waals surface area contributed by atoms with Gasteiger partial charge in [0, 0.05) is 5.56 Å². The van der Waals surface area contributed by atoms with Crippen LogP contribution in [0.4, 0.5) is 4.39 Å². The zero-order chi connectivity index (χ0) is 19.1. The molecule has 0 N–H and O–H groups in total. The molecule has 0 bridgehead atoms. The Labute approximate surface area is 157 Å². The third-order valence-electron chi connectivity index (χ3n) is 3.98. The Morgan fingerprint density at radius 1 is 0.963 bits per heavy atom. The predicted molar refractivity (Wildman–Crippen MR) is 104 cm³/mol. The van der Waals surface area contributed by atoms with Crippen molar-refractivity contribution in [3.63, 3.8) is 0 Å². The Morgan fingerprint density at radius 3 is 2.41 bits per heavy atom. The van der Waals surface area contributed by atoms with E-state index in [9.17, 15) is 9.18 Å². The summed E-state index contributed by atoms with van der Waals surface area (Å²) in [6.07, 6.45) is 3.15. The SMILES string of the molecule is COc1ccc(/C=C/C(=O)c2ccc(F)cc2)cc1OCc1ccccc1. The largest absolute Gasteiger partial charge is 0.493 e. The van der Waals surface area contributed by atoms with Crippen molar-refractivity contribution in [2.75, 3.05) is 7.11 Å². The molecule has 3 nitrogen and oxygen atoms in total. The van der Waals surface area contributed by atoms with Gasteiger partial charge in [-0.2, -0.15) is 0 Å². The summed E-state index contributed by atoms with van der Waals surface area (Å²) in [6.45, 7) is 0.416. The number of rotatable bonds is 7. The molecule has 0 amide bonds. The van der Waals surface area contributed by atoms with Crippen LogP contribution in [0.3, 0.4) is 0 Å². The summed E-state index contributed by atoms with van der Waals surface area (Å²) in [5, 5.41) is 0. The number of hydrogen-bond acceptors (Lipinski definition) is 3.